The molecule has 0 saturated heterocycles. The van der Waals surface area contributed by atoms with Gasteiger partial charge in [0, 0.05) is 50.9 Å². The Morgan fingerprint density at radius 1 is 0.650 bits per heavy atom. The average molecular weight is 861 g/mol. The number of hydrogen-bond acceptors (Lipinski definition) is 18. The van der Waals surface area contributed by atoms with Crippen molar-refractivity contribution in [3.05, 3.63) is 115 Å². The van der Waals surface area contributed by atoms with E-state index < -0.39 is 42.3 Å². The van der Waals surface area contributed by atoms with Crippen LogP contribution in [0.25, 0.3) is 6.08 Å². The monoisotopic (exact) mass is 860 g/mol. The van der Waals surface area contributed by atoms with Crippen LogP contribution in [0, 0.1) is 5.92 Å². The van der Waals surface area contributed by atoms with Gasteiger partial charge >= 0.3 is 0 Å². The van der Waals surface area contributed by atoms with Crippen molar-refractivity contribution in [2.24, 2.45) is 5.92 Å². The van der Waals surface area contributed by atoms with Crippen LogP contribution in [-0.2, 0) is 20.2 Å². The molecule has 0 saturated carbocycles. The van der Waals surface area contributed by atoms with E-state index in [1.165, 1.54) is 34.1 Å². The van der Waals surface area contributed by atoms with E-state index in [9.17, 15) is 36.2 Å². The van der Waals surface area contributed by atoms with Gasteiger partial charge in [-0.1, -0.05) is 85.0 Å². The molecule has 0 bridgehead atoms. The molecule has 5 aromatic rings. The number of likely N-dealkylation sites (N-methyl/N-ethyl adjacent to an activating group) is 2. The molecule has 2 heterocycles. The third-order valence-electron chi connectivity index (χ3n) is 9.32. The number of anilines is 8. The van der Waals surface area contributed by atoms with Crippen molar-refractivity contribution < 1.29 is 36.2 Å². The van der Waals surface area contributed by atoms with Gasteiger partial charge in [-0.3, -0.25) is 9.11 Å². The smallest absolute Gasteiger partial charge is 0.288 e. The van der Waals surface area contributed by atoms with Gasteiger partial charge in [0.25, 0.3) is 20.2 Å². The summed E-state index contributed by atoms with van der Waals surface area (Å²) in [5.41, 5.74) is -0.420. The predicted octanol–water partition coefficient (Wildman–Crippen LogP) is 3.38. The highest BCUT2D eigenvalue weighted by Crippen LogP contribution is 2.46. The summed E-state index contributed by atoms with van der Waals surface area (Å²) in [5.74, 6) is -2.11. The molecule has 60 heavy (non-hydrogen) atoms. The number of aromatic nitrogens is 6. The van der Waals surface area contributed by atoms with Crippen LogP contribution in [0.3, 0.4) is 0 Å². The summed E-state index contributed by atoms with van der Waals surface area (Å²) >= 11 is 0. The SMILES string of the molecule is CN(CCO)c1nc(Nc2ccccc2)nc(NC2(Nc3nc(Nc4ccccc4)nc(N(C)CCO)n3)C=CC(C=Cc3ccccc3)C(S(=O)(=O)O)(S(=O)(=O)O)C2)n1. The number of hydrogen-bond donors (Lipinski definition) is 8. The van der Waals surface area contributed by atoms with Gasteiger partial charge in [-0.05, 0) is 35.9 Å². The Morgan fingerprint density at radius 3 is 1.48 bits per heavy atom. The summed E-state index contributed by atoms with van der Waals surface area (Å²) in [6, 6.07) is 26.3. The first-order valence-corrected chi connectivity index (χ1v) is 21.2. The first-order valence-electron chi connectivity index (χ1n) is 18.4. The number of aliphatic hydroxyl groups excluding tert-OH is 2. The van der Waals surface area contributed by atoms with Gasteiger partial charge in [-0.25, -0.2) is 0 Å². The lowest BCUT2D eigenvalue weighted by atomic mass is 9.86. The zero-order valence-corrected chi connectivity index (χ0v) is 34.0. The van der Waals surface area contributed by atoms with E-state index in [0.29, 0.717) is 16.9 Å². The normalized spacial score (nSPS) is 15.9. The fraction of sp³-hybridized carbons (Fsp3) is 0.263. The summed E-state index contributed by atoms with van der Waals surface area (Å²) < 4.78 is 73.2. The van der Waals surface area contributed by atoms with Crippen molar-refractivity contribution in [3.8, 4) is 0 Å². The van der Waals surface area contributed by atoms with Crippen molar-refractivity contribution in [1.29, 1.82) is 0 Å². The zero-order chi connectivity index (χ0) is 43.0. The highest BCUT2D eigenvalue weighted by molar-refractivity contribution is 8.05. The van der Waals surface area contributed by atoms with Crippen LogP contribution in [0.1, 0.15) is 12.0 Å². The molecule has 0 spiro atoms. The Morgan fingerprint density at radius 2 is 1.07 bits per heavy atom. The van der Waals surface area contributed by atoms with Crippen molar-refractivity contribution in [2.45, 2.75) is 16.2 Å². The van der Waals surface area contributed by atoms with Crippen LogP contribution in [0.15, 0.2) is 109 Å². The Bertz CT molecular complexity index is 2390. The maximum atomic E-state index is 13.6. The first-order chi connectivity index (χ1) is 28.6. The molecule has 20 nitrogen and oxygen atoms in total. The van der Waals surface area contributed by atoms with Gasteiger partial charge in [-0.15, -0.1) is 0 Å². The molecule has 1 unspecified atom stereocenters. The summed E-state index contributed by atoms with van der Waals surface area (Å²) in [6.07, 6.45) is 4.15. The molecule has 6 rings (SSSR count). The van der Waals surface area contributed by atoms with E-state index >= 15 is 0 Å². The fourth-order valence-corrected chi connectivity index (χ4v) is 9.21. The molecule has 0 fully saturated rings. The van der Waals surface area contributed by atoms with Crippen LogP contribution < -0.4 is 31.1 Å². The lowest BCUT2D eigenvalue weighted by Gasteiger charge is -2.44. The number of allylic oxidation sites excluding steroid dienone is 2. The topological polar surface area (TPSA) is 281 Å². The third kappa shape index (κ3) is 10.1. The number of rotatable bonds is 18. The largest absolute Gasteiger partial charge is 0.395 e. The van der Waals surface area contributed by atoms with Gasteiger partial charge in [0.15, 0.2) is 0 Å². The highest BCUT2D eigenvalue weighted by Gasteiger charge is 2.64. The lowest BCUT2D eigenvalue weighted by Crippen LogP contribution is -2.62. The van der Waals surface area contributed by atoms with E-state index in [0.717, 1.165) is 0 Å². The standard InChI is InChI=1S/C38H44N12O8S2/c1-49(22-24-51)35-43-31(39-29-14-8-4-9-15-29)41-33(45-35)47-37(48-34-42-32(40-30-16-10-5-11-17-30)44-36(46-34)50(2)23-25-52)21-20-28(19-18-27-12-6-3-7-13-27)38(26-37,59(53,54)55)60(56,57)58/h3-21,28,51-52H,22-26H2,1-2H3,(H,53,54,55)(H,56,57,58)(H2,39,41,43,45,47)(H2,40,42,44,46,48). The summed E-state index contributed by atoms with van der Waals surface area (Å²) in [5, 5.41) is 31.6. The molecular weight excluding hydrogens is 817 g/mol. The van der Waals surface area contributed by atoms with Crippen molar-refractivity contribution in [3.63, 3.8) is 0 Å². The van der Waals surface area contributed by atoms with Crippen LogP contribution in [0.2, 0.25) is 0 Å². The number of nitrogens with one attached hydrogen (secondary N) is 4. The Labute approximate surface area is 346 Å². The third-order valence-corrected chi connectivity index (χ3v) is 13.2. The number of para-hydroxylation sites is 2. The summed E-state index contributed by atoms with van der Waals surface area (Å²) in [6.45, 7) is -0.355. The second-order valence-corrected chi connectivity index (χ2v) is 17.3. The predicted molar refractivity (Wildman–Crippen MR) is 228 cm³/mol. The van der Waals surface area contributed by atoms with E-state index in [1.54, 1.807) is 93.0 Å². The highest BCUT2D eigenvalue weighted by atomic mass is 32.3. The van der Waals surface area contributed by atoms with Crippen molar-refractivity contribution >= 4 is 73.4 Å². The van der Waals surface area contributed by atoms with Crippen molar-refractivity contribution in [1.82, 2.24) is 29.9 Å². The molecule has 22 heteroatoms. The number of aliphatic hydroxyl groups is 2. The Hall–Kier alpha value is -6.30. The fourth-order valence-electron chi connectivity index (χ4n) is 6.33. The van der Waals surface area contributed by atoms with Crippen molar-refractivity contribution in [2.75, 3.05) is 71.5 Å². The quantitative estimate of drug-likeness (QED) is 0.0356. The zero-order valence-electron chi connectivity index (χ0n) is 32.4. The van der Waals surface area contributed by atoms with Gasteiger partial charge in [0.1, 0.15) is 5.66 Å². The molecule has 0 radical (unpaired) electrons. The van der Waals surface area contributed by atoms with Gasteiger partial charge < -0.3 is 41.3 Å². The van der Waals surface area contributed by atoms with Crippen LogP contribution in [0.5, 0.6) is 0 Å². The minimum atomic E-state index is -5.73. The average Bonchev–Trinajstić information content (AvgIpc) is 3.20. The summed E-state index contributed by atoms with van der Waals surface area (Å²) in [7, 11) is -8.25. The molecule has 0 aliphatic heterocycles. The second-order valence-electron chi connectivity index (χ2n) is 13.7. The van der Waals surface area contributed by atoms with Gasteiger partial charge in [0.05, 0.1) is 13.2 Å². The number of benzene rings is 3. The maximum absolute atomic E-state index is 13.6. The Balaban J connectivity index is 1.56. The molecule has 0 amide bonds. The van der Waals surface area contributed by atoms with E-state index in [-0.39, 0.29) is 62.0 Å². The molecule has 8 N–H and O–H groups in total. The molecule has 1 aliphatic rings. The van der Waals surface area contributed by atoms with E-state index in [4.69, 9.17) is 0 Å². The van der Waals surface area contributed by atoms with Gasteiger partial charge in [-0.2, -0.15) is 46.7 Å². The van der Waals surface area contributed by atoms with E-state index in [2.05, 4.69) is 51.2 Å². The molecule has 316 valence electrons. The minimum absolute atomic E-state index is 0.00431. The minimum Gasteiger partial charge on any atom is -0.395 e. The maximum Gasteiger partial charge on any atom is 0.288 e. The molecule has 1 aliphatic carbocycles. The van der Waals surface area contributed by atoms with Gasteiger partial charge in [0.2, 0.25) is 39.8 Å². The molecular formula is C38H44N12O8S2. The second kappa shape index (κ2) is 18.3. The van der Waals surface area contributed by atoms with Crippen LogP contribution in [0.4, 0.5) is 47.1 Å². The lowest BCUT2D eigenvalue weighted by molar-refractivity contribution is 0.303. The van der Waals surface area contributed by atoms with Crippen LogP contribution in [-0.4, -0.2) is 116 Å². The van der Waals surface area contributed by atoms with E-state index in [1.807, 2.05) is 12.1 Å². The molecule has 3 aromatic carbocycles. The van der Waals surface area contributed by atoms with Crippen LogP contribution >= 0.6 is 0 Å². The summed E-state index contributed by atoms with van der Waals surface area (Å²) in [4.78, 5) is 30.0. The molecule has 2 aromatic heterocycles. The first kappa shape index (κ1) is 43.3. The number of nitrogens with zero attached hydrogens (tertiary/aromatic N) is 8. The molecule has 1 atom stereocenters. The Kier molecular flexibility index (Phi) is 13.2.